The molecule has 3 aromatic rings. The van der Waals surface area contributed by atoms with Crippen LogP contribution in [0.25, 0.3) is 0 Å². The van der Waals surface area contributed by atoms with Crippen LogP contribution in [-0.2, 0) is 16.6 Å². The first-order chi connectivity index (χ1) is 12.9. The molecule has 0 spiro atoms. The topological polar surface area (TPSA) is 66.5 Å². The summed E-state index contributed by atoms with van der Waals surface area (Å²) in [6, 6.07) is 18.1. The van der Waals surface area contributed by atoms with Crippen molar-refractivity contribution < 1.29 is 13.2 Å². The van der Waals surface area contributed by atoms with Crippen molar-refractivity contribution in [1.29, 1.82) is 0 Å². The zero-order valence-corrected chi connectivity index (χ0v) is 16.7. The summed E-state index contributed by atoms with van der Waals surface area (Å²) in [5.74, 6) is -0.321. The number of carbonyl (C=O) groups is 1. The Balaban J connectivity index is 1.81. The molecule has 1 heterocycles. The Morgan fingerprint density at radius 2 is 1.70 bits per heavy atom. The molecule has 27 heavy (non-hydrogen) atoms. The number of sulfonamides is 1. The number of anilines is 1. The monoisotopic (exact) mass is 400 g/mol. The van der Waals surface area contributed by atoms with Gasteiger partial charge >= 0.3 is 0 Å². The molecule has 3 rings (SSSR count). The molecule has 0 aliphatic heterocycles. The summed E-state index contributed by atoms with van der Waals surface area (Å²) < 4.78 is 28.1. The van der Waals surface area contributed by atoms with Crippen molar-refractivity contribution in [3.05, 3.63) is 82.0 Å². The van der Waals surface area contributed by atoms with Crippen molar-refractivity contribution in [2.75, 3.05) is 11.8 Å². The van der Waals surface area contributed by atoms with Gasteiger partial charge in [0.15, 0.2) is 0 Å². The van der Waals surface area contributed by atoms with Gasteiger partial charge in [0, 0.05) is 19.3 Å². The predicted molar refractivity (Wildman–Crippen MR) is 109 cm³/mol. The third-order valence-electron chi connectivity index (χ3n) is 4.03. The quantitative estimate of drug-likeness (QED) is 0.677. The van der Waals surface area contributed by atoms with Crippen LogP contribution in [0.15, 0.2) is 70.9 Å². The van der Waals surface area contributed by atoms with Crippen molar-refractivity contribution >= 4 is 33.0 Å². The van der Waals surface area contributed by atoms with Crippen molar-refractivity contribution in [3.63, 3.8) is 0 Å². The number of benzene rings is 2. The molecular weight excluding hydrogens is 380 g/mol. The van der Waals surface area contributed by atoms with Gasteiger partial charge in [0.1, 0.15) is 9.77 Å². The van der Waals surface area contributed by atoms with Gasteiger partial charge in [0.05, 0.1) is 0 Å². The fourth-order valence-electron chi connectivity index (χ4n) is 2.60. The van der Waals surface area contributed by atoms with E-state index in [4.69, 9.17) is 0 Å². The highest BCUT2D eigenvalue weighted by Crippen LogP contribution is 2.26. The summed E-state index contributed by atoms with van der Waals surface area (Å²) in [4.78, 5) is 14.5. The predicted octanol–water partition coefficient (Wildman–Crippen LogP) is 4.13. The lowest BCUT2D eigenvalue weighted by Crippen LogP contribution is -2.27. The number of hydrogen-bond donors (Lipinski definition) is 1. The Labute approximate surface area is 163 Å². The lowest BCUT2D eigenvalue weighted by Gasteiger charge is -2.17. The molecule has 1 aromatic heterocycles. The van der Waals surface area contributed by atoms with E-state index in [1.165, 1.54) is 11.0 Å². The maximum absolute atomic E-state index is 12.8. The standard InChI is InChI=1S/C20H20N2O3S2/c1-15-8-10-17(11-9-15)21-27(24,25)18-12-13-26-19(18)20(23)22(2)14-16-6-4-3-5-7-16/h3-13,21H,14H2,1-2H3. The molecule has 0 fully saturated rings. The van der Waals surface area contributed by atoms with Gasteiger partial charge in [-0.3, -0.25) is 9.52 Å². The summed E-state index contributed by atoms with van der Waals surface area (Å²) in [5, 5.41) is 1.62. The van der Waals surface area contributed by atoms with Crippen LogP contribution in [-0.4, -0.2) is 26.3 Å². The summed E-state index contributed by atoms with van der Waals surface area (Å²) in [5.41, 5.74) is 2.47. The van der Waals surface area contributed by atoms with Gasteiger partial charge in [-0.15, -0.1) is 11.3 Å². The van der Waals surface area contributed by atoms with E-state index in [0.717, 1.165) is 22.5 Å². The van der Waals surface area contributed by atoms with Gasteiger partial charge in [-0.05, 0) is 36.1 Å². The Morgan fingerprint density at radius 1 is 1.04 bits per heavy atom. The van der Waals surface area contributed by atoms with Gasteiger partial charge in [-0.2, -0.15) is 0 Å². The third kappa shape index (κ3) is 4.56. The molecule has 0 aliphatic rings. The number of rotatable bonds is 6. The first-order valence-corrected chi connectivity index (χ1v) is 10.7. The van der Waals surface area contributed by atoms with Crippen molar-refractivity contribution in [2.45, 2.75) is 18.4 Å². The second-order valence-electron chi connectivity index (χ2n) is 6.23. The van der Waals surface area contributed by atoms with E-state index in [2.05, 4.69) is 4.72 Å². The van der Waals surface area contributed by atoms with E-state index in [1.807, 2.05) is 49.4 Å². The van der Waals surface area contributed by atoms with Crippen LogP contribution in [0.1, 0.15) is 20.8 Å². The zero-order chi connectivity index (χ0) is 19.4. The van der Waals surface area contributed by atoms with Crippen LogP contribution < -0.4 is 4.72 Å². The van der Waals surface area contributed by atoms with E-state index in [0.29, 0.717) is 12.2 Å². The fraction of sp³-hybridized carbons (Fsp3) is 0.150. The SMILES string of the molecule is Cc1ccc(NS(=O)(=O)c2ccsc2C(=O)N(C)Cc2ccccc2)cc1. The summed E-state index contributed by atoms with van der Waals surface area (Å²) >= 11 is 1.13. The van der Waals surface area contributed by atoms with Crippen LogP contribution in [0.3, 0.4) is 0 Å². The van der Waals surface area contributed by atoms with Crippen molar-refractivity contribution in [2.24, 2.45) is 0 Å². The minimum atomic E-state index is -3.85. The van der Waals surface area contributed by atoms with Crippen LogP contribution >= 0.6 is 11.3 Å². The normalized spacial score (nSPS) is 11.2. The highest BCUT2D eigenvalue weighted by atomic mass is 32.2. The average Bonchev–Trinajstić information content (AvgIpc) is 3.14. The molecule has 0 saturated heterocycles. The van der Waals surface area contributed by atoms with Crippen LogP contribution in [0.4, 0.5) is 5.69 Å². The van der Waals surface area contributed by atoms with E-state index < -0.39 is 10.0 Å². The molecule has 140 valence electrons. The molecule has 0 bridgehead atoms. The molecule has 0 radical (unpaired) electrons. The Hall–Kier alpha value is -2.64. The number of hydrogen-bond acceptors (Lipinski definition) is 4. The third-order valence-corrected chi connectivity index (χ3v) is 6.48. The highest BCUT2D eigenvalue weighted by Gasteiger charge is 2.26. The highest BCUT2D eigenvalue weighted by molar-refractivity contribution is 7.93. The zero-order valence-electron chi connectivity index (χ0n) is 15.0. The van der Waals surface area contributed by atoms with Gasteiger partial charge in [0.2, 0.25) is 0 Å². The molecular formula is C20H20N2O3S2. The molecule has 1 N–H and O–H groups in total. The van der Waals surface area contributed by atoms with E-state index >= 15 is 0 Å². The largest absolute Gasteiger partial charge is 0.337 e. The van der Waals surface area contributed by atoms with Gasteiger partial charge < -0.3 is 4.90 Å². The maximum Gasteiger partial charge on any atom is 0.265 e. The van der Waals surface area contributed by atoms with Crippen LogP contribution in [0.5, 0.6) is 0 Å². The molecule has 0 unspecified atom stereocenters. The molecule has 7 heteroatoms. The minimum absolute atomic E-state index is 0.00186. The molecule has 5 nitrogen and oxygen atoms in total. The first-order valence-electron chi connectivity index (χ1n) is 8.33. The Morgan fingerprint density at radius 3 is 2.37 bits per heavy atom. The van der Waals surface area contributed by atoms with Crippen molar-refractivity contribution in [3.8, 4) is 0 Å². The van der Waals surface area contributed by atoms with E-state index in [9.17, 15) is 13.2 Å². The average molecular weight is 401 g/mol. The summed E-state index contributed by atoms with van der Waals surface area (Å²) in [6.07, 6.45) is 0. The number of thiophene rings is 1. The summed E-state index contributed by atoms with van der Waals surface area (Å²) in [7, 11) is -2.19. The van der Waals surface area contributed by atoms with Gasteiger partial charge in [-0.25, -0.2) is 8.42 Å². The Bertz CT molecular complexity index is 1030. The van der Waals surface area contributed by atoms with Gasteiger partial charge in [0.25, 0.3) is 15.9 Å². The molecule has 0 aliphatic carbocycles. The maximum atomic E-state index is 12.8. The number of amides is 1. The lowest BCUT2D eigenvalue weighted by atomic mass is 10.2. The number of aryl methyl sites for hydroxylation is 1. The van der Waals surface area contributed by atoms with Crippen LogP contribution in [0.2, 0.25) is 0 Å². The van der Waals surface area contributed by atoms with E-state index in [1.54, 1.807) is 24.6 Å². The smallest absolute Gasteiger partial charge is 0.265 e. The van der Waals surface area contributed by atoms with Crippen molar-refractivity contribution in [1.82, 2.24) is 4.90 Å². The second kappa shape index (κ2) is 7.94. The molecule has 1 amide bonds. The number of carbonyl (C=O) groups excluding carboxylic acids is 1. The molecule has 2 aromatic carbocycles. The fourth-order valence-corrected chi connectivity index (χ4v) is 5.07. The second-order valence-corrected chi connectivity index (χ2v) is 8.80. The van der Waals surface area contributed by atoms with Gasteiger partial charge in [-0.1, -0.05) is 48.0 Å². The number of nitrogens with zero attached hydrogens (tertiary/aromatic N) is 1. The Kier molecular flexibility index (Phi) is 5.62. The first kappa shape index (κ1) is 19.1. The molecule has 0 saturated carbocycles. The summed E-state index contributed by atoms with van der Waals surface area (Å²) in [6.45, 7) is 2.33. The number of nitrogens with one attached hydrogen (secondary N) is 1. The van der Waals surface area contributed by atoms with E-state index in [-0.39, 0.29) is 15.7 Å². The lowest BCUT2D eigenvalue weighted by molar-refractivity contribution is 0.0786. The molecule has 0 atom stereocenters. The minimum Gasteiger partial charge on any atom is -0.337 e. The van der Waals surface area contributed by atoms with Crippen LogP contribution in [0, 0.1) is 6.92 Å².